The van der Waals surface area contributed by atoms with Gasteiger partial charge < -0.3 is 15.0 Å². The van der Waals surface area contributed by atoms with Crippen LogP contribution in [0.25, 0.3) is 0 Å². The standard InChI is InChI=1S/C18H22N2O2/c1-14(11-19)12-20(3)18(2)10-9-16(18)17(21)22-13-15-7-5-4-6-8-15/h4-12,16,19H,13H2,1-3H3/b14-12+,19-11?. The predicted octanol–water partition coefficient (Wildman–Crippen LogP) is 3.16. The minimum absolute atomic E-state index is 0.221. The molecule has 2 rings (SSSR count). The van der Waals surface area contributed by atoms with E-state index in [0.717, 1.165) is 11.1 Å². The van der Waals surface area contributed by atoms with Crippen molar-refractivity contribution in [3.8, 4) is 0 Å². The Balaban J connectivity index is 1.99. The molecule has 0 heterocycles. The lowest BCUT2D eigenvalue weighted by Gasteiger charge is -2.45. The first-order valence-electron chi connectivity index (χ1n) is 7.29. The molecule has 4 nitrogen and oxygen atoms in total. The van der Waals surface area contributed by atoms with Gasteiger partial charge in [-0.3, -0.25) is 4.79 Å². The van der Waals surface area contributed by atoms with Crippen molar-refractivity contribution >= 4 is 12.2 Å². The van der Waals surface area contributed by atoms with Crippen LogP contribution in [-0.2, 0) is 16.1 Å². The molecule has 0 aliphatic heterocycles. The van der Waals surface area contributed by atoms with Gasteiger partial charge in [-0.15, -0.1) is 0 Å². The van der Waals surface area contributed by atoms with E-state index in [-0.39, 0.29) is 11.9 Å². The number of esters is 1. The molecule has 0 saturated carbocycles. The number of hydrogen-bond acceptors (Lipinski definition) is 4. The van der Waals surface area contributed by atoms with Gasteiger partial charge in [-0.1, -0.05) is 42.5 Å². The van der Waals surface area contributed by atoms with Crippen molar-refractivity contribution in [2.45, 2.75) is 26.0 Å². The summed E-state index contributed by atoms with van der Waals surface area (Å²) >= 11 is 0. The van der Waals surface area contributed by atoms with Crippen molar-refractivity contribution in [3.63, 3.8) is 0 Å². The average Bonchev–Trinajstić information content (AvgIpc) is 2.51. The molecular formula is C18H22N2O2. The zero-order valence-electron chi connectivity index (χ0n) is 13.2. The van der Waals surface area contributed by atoms with Gasteiger partial charge in [0.05, 0.1) is 5.54 Å². The molecule has 0 amide bonds. The summed E-state index contributed by atoms with van der Waals surface area (Å²) in [6.45, 7) is 4.15. The van der Waals surface area contributed by atoms with Gasteiger partial charge >= 0.3 is 5.97 Å². The molecule has 0 saturated heterocycles. The van der Waals surface area contributed by atoms with E-state index in [1.807, 2.05) is 74.5 Å². The van der Waals surface area contributed by atoms with Crippen molar-refractivity contribution in [3.05, 3.63) is 59.8 Å². The Morgan fingerprint density at radius 1 is 1.41 bits per heavy atom. The molecule has 22 heavy (non-hydrogen) atoms. The zero-order chi connectivity index (χ0) is 16.2. The van der Waals surface area contributed by atoms with Gasteiger partial charge in [0.1, 0.15) is 12.5 Å². The van der Waals surface area contributed by atoms with Gasteiger partial charge in [-0.2, -0.15) is 0 Å². The Hall–Kier alpha value is -2.36. The Bertz CT molecular complexity index is 607. The number of allylic oxidation sites excluding steroid dienone is 1. The predicted molar refractivity (Wildman–Crippen MR) is 87.6 cm³/mol. The second-order valence-corrected chi connectivity index (χ2v) is 5.78. The molecule has 1 aromatic carbocycles. The number of ether oxygens (including phenoxy) is 1. The lowest BCUT2D eigenvalue weighted by molar-refractivity contribution is -0.152. The van der Waals surface area contributed by atoms with Crippen LogP contribution in [0.2, 0.25) is 0 Å². The average molecular weight is 298 g/mol. The van der Waals surface area contributed by atoms with E-state index >= 15 is 0 Å². The lowest BCUT2D eigenvalue weighted by atomic mass is 9.74. The van der Waals surface area contributed by atoms with Gasteiger partial charge in [0.15, 0.2) is 0 Å². The molecule has 0 bridgehead atoms. The third-order valence-corrected chi connectivity index (χ3v) is 4.12. The summed E-state index contributed by atoms with van der Waals surface area (Å²) in [6, 6.07) is 9.66. The number of hydrogen-bond donors (Lipinski definition) is 1. The minimum Gasteiger partial charge on any atom is -0.460 e. The number of rotatable bonds is 6. The van der Waals surface area contributed by atoms with Crippen LogP contribution < -0.4 is 0 Å². The van der Waals surface area contributed by atoms with Gasteiger partial charge in [0.25, 0.3) is 0 Å². The molecule has 0 spiro atoms. The fourth-order valence-corrected chi connectivity index (χ4v) is 2.43. The van der Waals surface area contributed by atoms with Gasteiger partial charge in [0, 0.05) is 19.5 Å². The van der Waals surface area contributed by atoms with Crippen molar-refractivity contribution in [2.24, 2.45) is 5.92 Å². The molecule has 1 N–H and O–H groups in total. The molecule has 0 aromatic heterocycles. The van der Waals surface area contributed by atoms with E-state index in [4.69, 9.17) is 10.1 Å². The van der Waals surface area contributed by atoms with E-state index in [9.17, 15) is 4.79 Å². The first-order valence-corrected chi connectivity index (χ1v) is 7.29. The van der Waals surface area contributed by atoms with Gasteiger partial charge in [-0.25, -0.2) is 0 Å². The maximum absolute atomic E-state index is 12.3. The van der Waals surface area contributed by atoms with E-state index in [1.54, 1.807) is 0 Å². The highest BCUT2D eigenvalue weighted by Gasteiger charge is 2.45. The molecule has 2 atom stereocenters. The summed E-state index contributed by atoms with van der Waals surface area (Å²) in [4.78, 5) is 14.3. The summed E-state index contributed by atoms with van der Waals surface area (Å²) in [5.74, 6) is -0.516. The summed E-state index contributed by atoms with van der Waals surface area (Å²) in [7, 11) is 1.91. The van der Waals surface area contributed by atoms with Crippen molar-refractivity contribution in [1.29, 1.82) is 5.41 Å². The number of nitrogens with zero attached hydrogens (tertiary/aromatic N) is 1. The van der Waals surface area contributed by atoms with Crippen LogP contribution in [0.4, 0.5) is 0 Å². The van der Waals surface area contributed by atoms with Crippen LogP contribution in [0.3, 0.4) is 0 Å². The topological polar surface area (TPSA) is 53.4 Å². The Kier molecular flexibility index (Phi) is 4.81. The smallest absolute Gasteiger partial charge is 0.315 e. The maximum atomic E-state index is 12.3. The Labute approximate surface area is 131 Å². The molecule has 1 aromatic rings. The third kappa shape index (κ3) is 3.27. The van der Waals surface area contributed by atoms with E-state index in [1.165, 1.54) is 6.21 Å². The van der Waals surface area contributed by atoms with Gasteiger partial charge in [0.2, 0.25) is 0 Å². The van der Waals surface area contributed by atoms with E-state index in [2.05, 4.69) is 0 Å². The normalized spacial score (nSPS) is 23.6. The fourth-order valence-electron chi connectivity index (χ4n) is 2.43. The zero-order valence-corrected chi connectivity index (χ0v) is 13.2. The summed E-state index contributed by atoms with van der Waals surface area (Å²) in [6.07, 6.45) is 7.03. The lowest BCUT2D eigenvalue weighted by Crippen LogP contribution is -2.53. The monoisotopic (exact) mass is 298 g/mol. The van der Waals surface area contributed by atoms with Crippen molar-refractivity contribution in [1.82, 2.24) is 4.90 Å². The molecule has 0 fully saturated rings. The SMILES string of the molecule is C/C(C=N)=C\N(C)C1(C)C=CC1C(=O)OCc1ccccc1. The first-order chi connectivity index (χ1) is 10.5. The van der Waals surface area contributed by atoms with Crippen molar-refractivity contribution in [2.75, 3.05) is 7.05 Å². The number of carbonyl (C=O) groups excluding carboxylic acids is 1. The summed E-state index contributed by atoms with van der Waals surface area (Å²) < 4.78 is 5.43. The van der Waals surface area contributed by atoms with Crippen LogP contribution in [-0.4, -0.2) is 29.7 Å². The number of benzene rings is 1. The summed E-state index contributed by atoms with van der Waals surface area (Å²) in [5, 5.41) is 7.25. The van der Waals surface area contributed by atoms with Crippen LogP contribution in [0.1, 0.15) is 19.4 Å². The highest BCUT2D eigenvalue weighted by molar-refractivity contribution is 5.79. The molecule has 2 unspecified atom stereocenters. The highest BCUT2D eigenvalue weighted by Crippen LogP contribution is 2.36. The highest BCUT2D eigenvalue weighted by atomic mass is 16.5. The number of likely N-dealkylation sites (N-methyl/N-ethyl adjacent to an activating group) is 1. The second-order valence-electron chi connectivity index (χ2n) is 5.78. The van der Waals surface area contributed by atoms with Crippen LogP contribution in [0.15, 0.2) is 54.3 Å². The third-order valence-electron chi connectivity index (χ3n) is 4.12. The minimum atomic E-state index is -0.405. The number of carbonyl (C=O) groups is 1. The van der Waals surface area contributed by atoms with Crippen LogP contribution >= 0.6 is 0 Å². The molecule has 4 heteroatoms. The molecule has 1 aliphatic carbocycles. The molecule has 1 aliphatic rings. The quantitative estimate of drug-likeness (QED) is 0.498. The van der Waals surface area contributed by atoms with Crippen LogP contribution in [0.5, 0.6) is 0 Å². The fraction of sp³-hybridized carbons (Fsp3) is 0.333. The van der Waals surface area contributed by atoms with E-state index < -0.39 is 5.54 Å². The molecular weight excluding hydrogens is 276 g/mol. The van der Waals surface area contributed by atoms with Gasteiger partial charge in [-0.05, 0) is 25.0 Å². The number of nitrogens with one attached hydrogen (secondary N) is 1. The largest absolute Gasteiger partial charge is 0.460 e. The molecule has 116 valence electrons. The second kappa shape index (κ2) is 6.60. The Morgan fingerprint density at radius 2 is 2.09 bits per heavy atom. The summed E-state index contributed by atoms with van der Waals surface area (Å²) in [5.41, 5.74) is 1.41. The Morgan fingerprint density at radius 3 is 2.64 bits per heavy atom. The molecule has 0 radical (unpaired) electrons. The van der Waals surface area contributed by atoms with E-state index in [0.29, 0.717) is 6.61 Å². The van der Waals surface area contributed by atoms with Crippen LogP contribution in [0, 0.1) is 11.3 Å². The maximum Gasteiger partial charge on any atom is 0.315 e. The van der Waals surface area contributed by atoms with Crippen molar-refractivity contribution < 1.29 is 9.53 Å². The first kappa shape index (κ1) is 16.0.